The fraction of sp³-hybridized carbons (Fsp3) is 1.00. The smallest absolute Gasteiger partial charge is 0.0490 e. The molecule has 0 heterocycles. The van der Waals surface area contributed by atoms with Crippen LogP contribution in [-0.2, 0) is 0 Å². The second kappa shape index (κ2) is 2.31. The van der Waals surface area contributed by atoms with Gasteiger partial charge in [-0.15, -0.1) is 0 Å². The molecule has 0 aromatic carbocycles. The molecule has 1 N–H and O–H groups in total. The first-order valence-electron chi connectivity index (χ1n) is 5.49. The van der Waals surface area contributed by atoms with Gasteiger partial charge in [0, 0.05) is 6.61 Å². The van der Waals surface area contributed by atoms with Gasteiger partial charge in [-0.25, -0.2) is 0 Å². The molecule has 76 valence electrons. The van der Waals surface area contributed by atoms with E-state index in [4.69, 9.17) is 0 Å². The molecule has 0 radical (unpaired) electrons. The Morgan fingerprint density at radius 1 is 1.08 bits per heavy atom. The standard InChI is InChI=1S/C12H22O/c1-10(2)9(11(10,3)4)12(8-13)6-5-7-12/h9,13H,5-8H2,1-4H3. The molecule has 0 aromatic heterocycles. The summed E-state index contributed by atoms with van der Waals surface area (Å²) >= 11 is 0. The topological polar surface area (TPSA) is 20.2 Å². The third-order valence-electron chi connectivity index (χ3n) is 5.30. The molecule has 0 bridgehead atoms. The molecule has 0 aliphatic heterocycles. The number of rotatable bonds is 2. The lowest BCUT2D eigenvalue weighted by atomic mass is 9.63. The number of aliphatic hydroxyl groups is 1. The Balaban J connectivity index is 2.20. The molecule has 0 spiro atoms. The molecule has 2 aliphatic rings. The van der Waals surface area contributed by atoms with Gasteiger partial charge >= 0.3 is 0 Å². The first kappa shape index (κ1) is 9.51. The van der Waals surface area contributed by atoms with Crippen molar-refractivity contribution in [2.75, 3.05) is 6.61 Å². The average Bonchev–Trinajstić information content (AvgIpc) is 2.31. The van der Waals surface area contributed by atoms with Gasteiger partial charge in [-0.1, -0.05) is 34.1 Å². The van der Waals surface area contributed by atoms with Gasteiger partial charge in [0.15, 0.2) is 0 Å². The van der Waals surface area contributed by atoms with E-state index in [2.05, 4.69) is 27.7 Å². The van der Waals surface area contributed by atoms with Crippen molar-refractivity contribution in [1.29, 1.82) is 0 Å². The van der Waals surface area contributed by atoms with Gasteiger partial charge in [-0.3, -0.25) is 0 Å². The zero-order chi connectivity index (χ0) is 9.91. The van der Waals surface area contributed by atoms with Crippen molar-refractivity contribution in [3.8, 4) is 0 Å². The maximum absolute atomic E-state index is 9.51. The summed E-state index contributed by atoms with van der Waals surface area (Å²) in [6.07, 6.45) is 3.82. The summed E-state index contributed by atoms with van der Waals surface area (Å²) < 4.78 is 0. The lowest BCUT2D eigenvalue weighted by molar-refractivity contribution is 0.00468. The number of hydrogen-bond donors (Lipinski definition) is 1. The van der Waals surface area contributed by atoms with E-state index in [-0.39, 0.29) is 0 Å². The second-order valence-electron chi connectivity index (χ2n) is 6.25. The molecule has 0 saturated heterocycles. The molecule has 2 rings (SSSR count). The van der Waals surface area contributed by atoms with Crippen LogP contribution in [0.3, 0.4) is 0 Å². The van der Waals surface area contributed by atoms with Crippen LogP contribution >= 0.6 is 0 Å². The lowest BCUT2D eigenvalue weighted by Crippen LogP contribution is -2.37. The van der Waals surface area contributed by atoms with E-state index < -0.39 is 0 Å². The first-order chi connectivity index (χ1) is 5.88. The maximum Gasteiger partial charge on any atom is 0.0490 e. The highest BCUT2D eigenvalue weighted by Crippen LogP contribution is 2.77. The van der Waals surface area contributed by atoms with Crippen LogP contribution in [0.4, 0.5) is 0 Å². The Morgan fingerprint density at radius 2 is 1.54 bits per heavy atom. The quantitative estimate of drug-likeness (QED) is 0.696. The Bertz CT molecular complexity index is 204. The van der Waals surface area contributed by atoms with Gasteiger partial charge in [-0.2, -0.15) is 0 Å². The minimum absolute atomic E-state index is 0.299. The molecule has 13 heavy (non-hydrogen) atoms. The molecule has 0 aromatic rings. The minimum Gasteiger partial charge on any atom is -0.396 e. The third kappa shape index (κ3) is 0.918. The number of aliphatic hydroxyl groups excluding tert-OH is 1. The average molecular weight is 182 g/mol. The van der Waals surface area contributed by atoms with Crippen molar-refractivity contribution >= 4 is 0 Å². The molecule has 2 fully saturated rings. The molecule has 0 unspecified atom stereocenters. The van der Waals surface area contributed by atoms with E-state index in [1.807, 2.05) is 0 Å². The fourth-order valence-electron chi connectivity index (χ4n) is 3.90. The third-order valence-corrected chi connectivity index (χ3v) is 5.30. The van der Waals surface area contributed by atoms with Crippen molar-refractivity contribution in [3.05, 3.63) is 0 Å². The molecular weight excluding hydrogens is 160 g/mol. The molecule has 2 aliphatic carbocycles. The largest absolute Gasteiger partial charge is 0.396 e. The van der Waals surface area contributed by atoms with Crippen molar-refractivity contribution < 1.29 is 5.11 Å². The summed E-state index contributed by atoms with van der Waals surface area (Å²) in [4.78, 5) is 0. The molecule has 1 heteroatoms. The van der Waals surface area contributed by atoms with Crippen molar-refractivity contribution in [2.45, 2.75) is 47.0 Å². The Morgan fingerprint density at radius 3 is 1.62 bits per heavy atom. The second-order valence-corrected chi connectivity index (χ2v) is 6.25. The maximum atomic E-state index is 9.51. The van der Waals surface area contributed by atoms with Crippen molar-refractivity contribution in [2.24, 2.45) is 22.2 Å². The van der Waals surface area contributed by atoms with Crippen LogP contribution in [0.2, 0.25) is 0 Å². The molecule has 0 atom stereocenters. The van der Waals surface area contributed by atoms with Gasteiger partial charge < -0.3 is 5.11 Å². The summed E-state index contributed by atoms with van der Waals surface area (Å²) in [6.45, 7) is 9.83. The van der Waals surface area contributed by atoms with E-state index in [0.717, 1.165) is 5.92 Å². The summed E-state index contributed by atoms with van der Waals surface area (Å²) in [5.74, 6) is 0.742. The van der Waals surface area contributed by atoms with Crippen LogP contribution in [0.1, 0.15) is 47.0 Å². The SMILES string of the molecule is CC1(C)C(C2(CO)CCC2)C1(C)C. The first-order valence-corrected chi connectivity index (χ1v) is 5.49. The Labute approximate surface area is 81.5 Å². The molecule has 1 nitrogen and oxygen atoms in total. The van der Waals surface area contributed by atoms with Crippen LogP contribution in [0, 0.1) is 22.2 Å². The van der Waals surface area contributed by atoms with Crippen LogP contribution in [-0.4, -0.2) is 11.7 Å². The predicted molar refractivity (Wildman–Crippen MR) is 54.4 cm³/mol. The van der Waals surface area contributed by atoms with Crippen LogP contribution in [0.5, 0.6) is 0 Å². The fourth-order valence-corrected chi connectivity index (χ4v) is 3.90. The van der Waals surface area contributed by atoms with Crippen LogP contribution < -0.4 is 0 Å². The minimum atomic E-state index is 0.299. The van der Waals surface area contributed by atoms with E-state index in [1.165, 1.54) is 19.3 Å². The highest BCUT2D eigenvalue weighted by atomic mass is 16.3. The van der Waals surface area contributed by atoms with Gasteiger partial charge in [0.1, 0.15) is 0 Å². The number of hydrogen-bond acceptors (Lipinski definition) is 1. The zero-order valence-electron chi connectivity index (χ0n) is 9.35. The van der Waals surface area contributed by atoms with E-state index in [9.17, 15) is 5.11 Å². The highest BCUT2D eigenvalue weighted by molar-refractivity contribution is 5.20. The summed E-state index contributed by atoms with van der Waals surface area (Å²) in [5.41, 5.74) is 1.18. The van der Waals surface area contributed by atoms with E-state index in [0.29, 0.717) is 22.9 Å². The predicted octanol–water partition coefficient (Wildman–Crippen LogP) is 2.83. The summed E-state index contributed by atoms with van der Waals surface area (Å²) in [7, 11) is 0. The zero-order valence-corrected chi connectivity index (χ0v) is 9.35. The highest BCUT2D eigenvalue weighted by Gasteiger charge is 2.72. The monoisotopic (exact) mass is 182 g/mol. The van der Waals surface area contributed by atoms with Gasteiger partial charge in [0.25, 0.3) is 0 Å². The van der Waals surface area contributed by atoms with Crippen LogP contribution in [0.15, 0.2) is 0 Å². The van der Waals surface area contributed by atoms with Gasteiger partial charge in [-0.05, 0) is 35.0 Å². The van der Waals surface area contributed by atoms with Gasteiger partial charge in [0.2, 0.25) is 0 Å². The van der Waals surface area contributed by atoms with Crippen molar-refractivity contribution in [3.63, 3.8) is 0 Å². The Kier molecular flexibility index (Phi) is 1.69. The van der Waals surface area contributed by atoms with Gasteiger partial charge in [0.05, 0.1) is 0 Å². The summed E-state index contributed by atoms with van der Waals surface area (Å²) in [5, 5.41) is 9.51. The lowest BCUT2D eigenvalue weighted by Gasteiger charge is -2.42. The van der Waals surface area contributed by atoms with Crippen LogP contribution in [0.25, 0.3) is 0 Å². The Hall–Kier alpha value is -0.0400. The molecular formula is C12H22O. The summed E-state index contributed by atoms with van der Waals surface area (Å²) in [6, 6.07) is 0. The molecule has 0 amide bonds. The van der Waals surface area contributed by atoms with E-state index in [1.54, 1.807) is 0 Å². The molecule has 2 saturated carbocycles. The van der Waals surface area contributed by atoms with E-state index >= 15 is 0 Å². The normalized spacial score (nSPS) is 33.9. The van der Waals surface area contributed by atoms with Crippen molar-refractivity contribution in [1.82, 2.24) is 0 Å².